The summed E-state index contributed by atoms with van der Waals surface area (Å²) in [6, 6.07) is 7.11. The zero-order valence-electron chi connectivity index (χ0n) is 24.8. The number of fused-ring (bicyclic) bond motifs is 2. The van der Waals surface area contributed by atoms with E-state index in [1.54, 1.807) is 6.33 Å². The third kappa shape index (κ3) is 5.33. The van der Waals surface area contributed by atoms with Crippen molar-refractivity contribution < 1.29 is 10.2 Å². The molecule has 0 spiro atoms. The van der Waals surface area contributed by atoms with Crippen LogP contribution in [0.1, 0.15) is 77.7 Å². The Hall–Kier alpha value is -3.08. The first-order valence-electron chi connectivity index (χ1n) is 15.0. The Balaban J connectivity index is 1.06. The molecule has 4 aromatic rings. The van der Waals surface area contributed by atoms with E-state index in [4.69, 9.17) is 10.7 Å². The van der Waals surface area contributed by atoms with E-state index in [0.29, 0.717) is 41.4 Å². The van der Waals surface area contributed by atoms with E-state index in [0.717, 1.165) is 49.1 Å². The fourth-order valence-electron chi connectivity index (χ4n) is 6.92. The van der Waals surface area contributed by atoms with Crippen LogP contribution in [0, 0.1) is 11.8 Å². The van der Waals surface area contributed by atoms with E-state index in [9.17, 15) is 10.2 Å². The minimum atomic E-state index is -0.889. The zero-order chi connectivity index (χ0) is 29.1. The Bertz CT molecular complexity index is 1520. The van der Waals surface area contributed by atoms with Crippen LogP contribution < -0.4 is 5.73 Å². The molecule has 220 valence electrons. The molecule has 6 rings (SSSR count). The lowest BCUT2D eigenvalue weighted by atomic mass is 9.76. The van der Waals surface area contributed by atoms with Crippen molar-refractivity contribution in [3.8, 4) is 0 Å². The highest BCUT2D eigenvalue weighted by Crippen LogP contribution is 2.41. The van der Waals surface area contributed by atoms with Crippen molar-refractivity contribution in [1.82, 2.24) is 34.4 Å². The van der Waals surface area contributed by atoms with Gasteiger partial charge in [0.2, 0.25) is 0 Å². The summed E-state index contributed by atoms with van der Waals surface area (Å²) < 4.78 is 1.85. The van der Waals surface area contributed by atoms with Crippen molar-refractivity contribution in [3.05, 3.63) is 42.2 Å². The van der Waals surface area contributed by atoms with E-state index in [1.807, 2.05) is 4.57 Å². The van der Waals surface area contributed by atoms with Gasteiger partial charge in [0.25, 0.3) is 0 Å². The van der Waals surface area contributed by atoms with Gasteiger partial charge in [0.05, 0.1) is 29.5 Å². The van der Waals surface area contributed by atoms with Crippen LogP contribution in [0.25, 0.3) is 22.2 Å². The maximum Gasteiger partial charge on any atom is 0.165 e. The highest BCUT2D eigenvalue weighted by Gasteiger charge is 2.45. The molecule has 4 atom stereocenters. The lowest BCUT2D eigenvalue weighted by Crippen LogP contribution is -2.51. The Morgan fingerprint density at radius 2 is 1.88 bits per heavy atom. The van der Waals surface area contributed by atoms with Gasteiger partial charge < -0.3 is 25.5 Å². The van der Waals surface area contributed by atoms with Crippen molar-refractivity contribution in [1.29, 1.82) is 0 Å². The van der Waals surface area contributed by atoms with E-state index >= 15 is 0 Å². The van der Waals surface area contributed by atoms with E-state index < -0.39 is 12.2 Å². The number of nitrogens with two attached hydrogens (primary N) is 1. The molecule has 2 fully saturated rings. The molecule has 10 nitrogen and oxygen atoms in total. The van der Waals surface area contributed by atoms with Crippen LogP contribution in [0.3, 0.4) is 0 Å². The van der Waals surface area contributed by atoms with Crippen LogP contribution in [0.2, 0.25) is 0 Å². The standard InChI is InChI=1S/C31H44N8O2/c1-17(2)38(14-19-12-24(28(41)27(19)40)39-16-35-26-29(32)33-15-34-30(26)39)21-10-18(11-21)6-9-25-36-22-8-7-20(31(3,4)5)13-23(22)37-25/h7-8,13,15-19,21,24,27-28,40-41H,6,9-12,14H2,1-5H3,(H,36,37)(H2,32,33,34)/t18?,19-,21?,24-,27-,28+/m1/s1. The number of H-pyrrole nitrogens is 1. The molecule has 2 aliphatic rings. The number of rotatable bonds is 8. The third-order valence-corrected chi connectivity index (χ3v) is 9.49. The van der Waals surface area contributed by atoms with Gasteiger partial charge in [-0.25, -0.2) is 19.9 Å². The van der Waals surface area contributed by atoms with Gasteiger partial charge >= 0.3 is 0 Å². The highest BCUT2D eigenvalue weighted by molar-refractivity contribution is 5.81. The molecule has 0 unspecified atom stereocenters. The van der Waals surface area contributed by atoms with Gasteiger partial charge in [-0.1, -0.05) is 26.8 Å². The molecule has 0 saturated heterocycles. The molecule has 0 bridgehead atoms. The summed E-state index contributed by atoms with van der Waals surface area (Å²) in [5.74, 6) is 2.03. The monoisotopic (exact) mass is 560 g/mol. The van der Waals surface area contributed by atoms with Crippen LogP contribution in [0.4, 0.5) is 5.82 Å². The molecular weight excluding hydrogens is 516 g/mol. The predicted molar refractivity (Wildman–Crippen MR) is 160 cm³/mol. The number of hydrogen-bond acceptors (Lipinski definition) is 8. The van der Waals surface area contributed by atoms with Crippen molar-refractivity contribution in [2.24, 2.45) is 11.8 Å². The molecule has 0 radical (unpaired) electrons. The quantitative estimate of drug-likeness (QED) is 0.253. The van der Waals surface area contributed by atoms with Crippen LogP contribution >= 0.6 is 0 Å². The molecule has 3 aromatic heterocycles. The summed E-state index contributed by atoms with van der Waals surface area (Å²) in [6.45, 7) is 11.9. The third-order valence-electron chi connectivity index (χ3n) is 9.49. The predicted octanol–water partition coefficient (Wildman–Crippen LogP) is 3.99. The van der Waals surface area contributed by atoms with Gasteiger partial charge in [0, 0.05) is 31.0 Å². The fraction of sp³-hybridized carbons (Fsp3) is 0.613. The summed E-state index contributed by atoms with van der Waals surface area (Å²) in [7, 11) is 0. The minimum Gasteiger partial charge on any atom is -0.390 e. The van der Waals surface area contributed by atoms with Gasteiger partial charge in [-0.05, 0) is 68.6 Å². The van der Waals surface area contributed by atoms with Gasteiger partial charge in [-0.15, -0.1) is 0 Å². The average Bonchev–Trinajstić information content (AvgIpc) is 3.58. The Morgan fingerprint density at radius 1 is 1.10 bits per heavy atom. The second-order valence-corrected chi connectivity index (χ2v) is 13.6. The number of nitrogens with zero attached hydrogens (tertiary/aromatic N) is 6. The van der Waals surface area contributed by atoms with Gasteiger partial charge in [-0.2, -0.15) is 0 Å². The van der Waals surface area contributed by atoms with E-state index in [1.165, 1.54) is 11.9 Å². The Labute approximate surface area is 241 Å². The van der Waals surface area contributed by atoms with Crippen molar-refractivity contribution in [2.45, 2.75) is 102 Å². The number of anilines is 1. The first-order chi connectivity index (χ1) is 19.5. The molecule has 3 heterocycles. The summed E-state index contributed by atoms with van der Waals surface area (Å²) in [5.41, 5.74) is 10.7. The average molecular weight is 561 g/mol. The van der Waals surface area contributed by atoms with E-state index in [2.05, 4.69) is 77.7 Å². The number of aromatic amines is 1. The SMILES string of the molecule is CC(C)N(C[C@H]1C[C@@H](n2cnc3c(N)ncnc32)[C@H](O)[C@@H]1O)C1CC(CCc2nc3ccc(C(C)(C)C)cc3[nH]2)C1. The topological polar surface area (TPSA) is 142 Å². The number of aryl methyl sites for hydroxylation is 1. The zero-order valence-corrected chi connectivity index (χ0v) is 24.8. The maximum atomic E-state index is 11.1. The van der Waals surface area contributed by atoms with Crippen molar-refractivity contribution in [3.63, 3.8) is 0 Å². The number of benzene rings is 1. The number of aliphatic hydroxyl groups is 2. The Morgan fingerprint density at radius 3 is 2.61 bits per heavy atom. The largest absolute Gasteiger partial charge is 0.390 e. The summed E-state index contributed by atoms with van der Waals surface area (Å²) in [5, 5.41) is 22.1. The first kappa shape index (κ1) is 28.1. The lowest BCUT2D eigenvalue weighted by molar-refractivity contribution is -0.0180. The summed E-state index contributed by atoms with van der Waals surface area (Å²) in [6.07, 6.45) is 6.42. The second-order valence-electron chi connectivity index (χ2n) is 13.6. The van der Waals surface area contributed by atoms with Crippen molar-refractivity contribution >= 4 is 28.0 Å². The molecule has 10 heteroatoms. The molecule has 2 aliphatic carbocycles. The maximum absolute atomic E-state index is 11.1. The molecule has 0 amide bonds. The number of nitrogens with one attached hydrogen (secondary N) is 1. The number of aliphatic hydroxyl groups excluding tert-OH is 2. The molecular formula is C31H44N8O2. The number of hydrogen-bond donors (Lipinski definition) is 4. The van der Waals surface area contributed by atoms with E-state index in [-0.39, 0.29) is 17.4 Å². The van der Waals surface area contributed by atoms with Crippen LogP contribution in [0.15, 0.2) is 30.9 Å². The van der Waals surface area contributed by atoms with Gasteiger partial charge in [0.15, 0.2) is 11.5 Å². The smallest absolute Gasteiger partial charge is 0.165 e. The molecule has 2 saturated carbocycles. The molecule has 1 aromatic carbocycles. The minimum absolute atomic E-state index is 0.0402. The summed E-state index contributed by atoms with van der Waals surface area (Å²) >= 11 is 0. The number of aromatic nitrogens is 6. The van der Waals surface area contributed by atoms with Crippen LogP contribution in [-0.2, 0) is 11.8 Å². The second kappa shape index (κ2) is 10.6. The highest BCUT2D eigenvalue weighted by atomic mass is 16.3. The van der Waals surface area contributed by atoms with Gasteiger partial charge in [0.1, 0.15) is 23.8 Å². The Kier molecular flexibility index (Phi) is 7.28. The fourth-order valence-corrected chi connectivity index (χ4v) is 6.92. The van der Waals surface area contributed by atoms with Gasteiger partial charge in [-0.3, -0.25) is 4.90 Å². The lowest BCUT2D eigenvalue weighted by Gasteiger charge is -2.46. The summed E-state index contributed by atoms with van der Waals surface area (Å²) in [4.78, 5) is 23.7. The molecule has 0 aliphatic heterocycles. The van der Waals surface area contributed by atoms with Crippen LogP contribution in [-0.4, -0.2) is 75.4 Å². The number of nitrogen functional groups attached to an aromatic ring is 1. The van der Waals surface area contributed by atoms with Crippen molar-refractivity contribution in [2.75, 3.05) is 12.3 Å². The molecule has 41 heavy (non-hydrogen) atoms. The van der Waals surface area contributed by atoms with Crippen LogP contribution in [0.5, 0.6) is 0 Å². The molecule has 5 N–H and O–H groups in total. The first-order valence-corrected chi connectivity index (χ1v) is 15.0. The number of imidazole rings is 2. The normalized spacial score (nSPS) is 27.0.